The number of halogens is 2. The molecule has 1 heterocycles. The minimum Gasteiger partial charge on any atom is -0.497 e. The zero-order chi connectivity index (χ0) is 24.8. The first-order valence-electron chi connectivity index (χ1n) is 10.8. The van der Waals surface area contributed by atoms with Gasteiger partial charge in [-0.05, 0) is 47.0 Å². The molecule has 1 aliphatic rings. The lowest BCUT2D eigenvalue weighted by Gasteiger charge is -2.33. The largest absolute Gasteiger partial charge is 0.497 e. The van der Waals surface area contributed by atoms with E-state index in [2.05, 4.69) is 15.9 Å². The Morgan fingerprint density at radius 3 is 2.24 bits per heavy atom. The van der Waals surface area contributed by atoms with E-state index < -0.39 is 6.09 Å². The molecule has 10 heteroatoms. The number of nitrogens with zero attached hydrogens (tertiary/aromatic N) is 2. The molecule has 0 aromatic heterocycles. The van der Waals surface area contributed by atoms with Gasteiger partial charge in [0.15, 0.2) is 0 Å². The van der Waals surface area contributed by atoms with E-state index in [1.54, 1.807) is 38.4 Å². The van der Waals surface area contributed by atoms with Gasteiger partial charge in [-0.2, -0.15) is 0 Å². The molecular formula is C24H28BrClN2O6. The number of carboxylic acid groups (broad SMARTS) is 1. The number of hydrogen-bond acceptors (Lipinski definition) is 5. The van der Waals surface area contributed by atoms with Gasteiger partial charge in [0.2, 0.25) is 5.91 Å². The molecule has 0 atom stereocenters. The third kappa shape index (κ3) is 6.07. The van der Waals surface area contributed by atoms with Gasteiger partial charge in [0.1, 0.15) is 17.2 Å². The topological polar surface area (TPSA) is 88.5 Å². The van der Waals surface area contributed by atoms with Crippen LogP contribution in [0.2, 0.25) is 5.02 Å². The van der Waals surface area contributed by atoms with E-state index in [-0.39, 0.29) is 18.4 Å². The maximum atomic E-state index is 13.7. The van der Waals surface area contributed by atoms with Gasteiger partial charge in [-0.3, -0.25) is 4.79 Å². The molecule has 8 nitrogen and oxygen atoms in total. The van der Waals surface area contributed by atoms with Crippen LogP contribution in [0.4, 0.5) is 4.79 Å². The van der Waals surface area contributed by atoms with Crippen LogP contribution < -0.4 is 14.2 Å². The summed E-state index contributed by atoms with van der Waals surface area (Å²) in [7, 11) is 4.72. The van der Waals surface area contributed by atoms with E-state index >= 15 is 0 Å². The van der Waals surface area contributed by atoms with Gasteiger partial charge in [0, 0.05) is 59.8 Å². The molecule has 1 aliphatic heterocycles. The molecule has 2 aromatic carbocycles. The summed E-state index contributed by atoms with van der Waals surface area (Å²) in [5.74, 6) is 1.52. The summed E-state index contributed by atoms with van der Waals surface area (Å²) in [6.07, 6.45) is -0.00691. The minimum atomic E-state index is -0.957. The summed E-state index contributed by atoms with van der Waals surface area (Å²) < 4.78 is 17.1. The quantitative estimate of drug-likeness (QED) is 0.491. The van der Waals surface area contributed by atoms with Crippen LogP contribution in [0.15, 0.2) is 34.8 Å². The van der Waals surface area contributed by atoms with Crippen molar-refractivity contribution in [1.29, 1.82) is 0 Å². The molecule has 2 aromatic rings. The maximum Gasteiger partial charge on any atom is 0.407 e. The van der Waals surface area contributed by atoms with Crippen LogP contribution in [0, 0.1) is 5.92 Å². The standard InChI is InChI=1S/C24H28BrClN2O6/c1-32-18-5-4-16(21(11-18)33-2)13-28(14-17-10-19(25)20(26)12-22(17)34-3)23(29)15-6-8-27(9-7-15)24(30)31/h4-5,10-12,15H,6-9,13-14H2,1-3H3,(H,30,31). The monoisotopic (exact) mass is 554 g/mol. The number of methoxy groups -OCH3 is 3. The van der Waals surface area contributed by atoms with E-state index in [0.29, 0.717) is 59.2 Å². The third-order valence-corrected chi connectivity index (χ3v) is 7.16. The van der Waals surface area contributed by atoms with E-state index in [4.69, 9.17) is 25.8 Å². The Hall–Kier alpha value is -2.65. The Bertz CT molecular complexity index is 1040. The maximum absolute atomic E-state index is 13.7. The highest BCUT2D eigenvalue weighted by atomic mass is 79.9. The number of likely N-dealkylation sites (tertiary alicyclic amines) is 1. The van der Waals surface area contributed by atoms with E-state index in [0.717, 1.165) is 11.1 Å². The molecule has 184 valence electrons. The zero-order valence-electron chi connectivity index (χ0n) is 19.3. The number of carbonyl (C=O) groups excluding carboxylic acids is 1. The molecule has 0 spiro atoms. The Balaban J connectivity index is 1.91. The van der Waals surface area contributed by atoms with Crippen LogP contribution in [0.25, 0.3) is 0 Å². The Kier molecular flexibility index (Phi) is 8.90. The molecule has 0 bridgehead atoms. The lowest BCUT2D eigenvalue weighted by atomic mass is 9.95. The molecule has 1 saturated heterocycles. The number of amides is 2. The van der Waals surface area contributed by atoms with Crippen LogP contribution >= 0.6 is 27.5 Å². The van der Waals surface area contributed by atoms with Gasteiger partial charge < -0.3 is 29.1 Å². The van der Waals surface area contributed by atoms with Crippen molar-refractivity contribution in [3.63, 3.8) is 0 Å². The molecule has 34 heavy (non-hydrogen) atoms. The summed E-state index contributed by atoms with van der Waals surface area (Å²) in [5, 5.41) is 9.76. The minimum absolute atomic E-state index is 0.0453. The number of piperidine rings is 1. The van der Waals surface area contributed by atoms with E-state index in [1.807, 2.05) is 18.2 Å². The Morgan fingerprint density at radius 1 is 1.03 bits per heavy atom. The van der Waals surface area contributed by atoms with Gasteiger partial charge in [-0.1, -0.05) is 11.6 Å². The van der Waals surface area contributed by atoms with Crippen molar-refractivity contribution in [3.8, 4) is 17.2 Å². The molecule has 1 fully saturated rings. The molecule has 0 radical (unpaired) electrons. The van der Waals surface area contributed by atoms with Crippen molar-refractivity contribution >= 4 is 39.5 Å². The summed E-state index contributed by atoms with van der Waals surface area (Å²) in [6.45, 7) is 1.25. The molecule has 1 N–H and O–H groups in total. The normalized spacial score (nSPS) is 14.0. The molecule has 0 unspecified atom stereocenters. The second-order valence-electron chi connectivity index (χ2n) is 7.99. The SMILES string of the molecule is COc1ccc(CN(Cc2cc(Br)c(Cl)cc2OC)C(=O)C2CCN(C(=O)O)CC2)c(OC)c1. The second-order valence-corrected chi connectivity index (χ2v) is 9.26. The summed E-state index contributed by atoms with van der Waals surface area (Å²) in [6, 6.07) is 9.04. The fourth-order valence-electron chi connectivity index (χ4n) is 4.06. The first-order valence-corrected chi connectivity index (χ1v) is 11.9. The highest BCUT2D eigenvalue weighted by Crippen LogP contribution is 2.34. The van der Waals surface area contributed by atoms with Gasteiger partial charge in [-0.25, -0.2) is 4.79 Å². The van der Waals surface area contributed by atoms with Crippen molar-refractivity contribution < 1.29 is 28.9 Å². The van der Waals surface area contributed by atoms with Crippen molar-refractivity contribution in [2.24, 2.45) is 5.92 Å². The van der Waals surface area contributed by atoms with Crippen LogP contribution in [0.3, 0.4) is 0 Å². The molecule has 0 aliphatic carbocycles. The van der Waals surface area contributed by atoms with Crippen LogP contribution in [-0.4, -0.2) is 61.3 Å². The number of carbonyl (C=O) groups is 2. The van der Waals surface area contributed by atoms with Crippen LogP contribution in [0.5, 0.6) is 17.2 Å². The molecule has 0 saturated carbocycles. The number of rotatable bonds is 8. The number of ether oxygens (including phenoxy) is 3. The summed E-state index contributed by atoms with van der Waals surface area (Å²) in [5.41, 5.74) is 1.62. The van der Waals surface area contributed by atoms with E-state index in [1.165, 1.54) is 4.90 Å². The second kappa shape index (κ2) is 11.7. The predicted octanol–water partition coefficient (Wildman–Crippen LogP) is 5.05. The lowest BCUT2D eigenvalue weighted by Crippen LogP contribution is -2.43. The highest BCUT2D eigenvalue weighted by Gasteiger charge is 2.31. The van der Waals surface area contributed by atoms with Gasteiger partial charge in [-0.15, -0.1) is 0 Å². The number of hydrogen-bond donors (Lipinski definition) is 1. The zero-order valence-corrected chi connectivity index (χ0v) is 21.7. The molecule has 2 amide bonds. The van der Waals surface area contributed by atoms with Gasteiger partial charge in [0.25, 0.3) is 0 Å². The fraction of sp³-hybridized carbons (Fsp3) is 0.417. The summed E-state index contributed by atoms with van der Waals surface area (Å²) >= 11 is 9.69. The van der Waals surface area contributed by atoms with Crippen molar-refractivity contribution in [2.45, 2.75) is 25.9 Å². The Morgan fingerprint density at radius 2 is 1.65 bits per heavy atom. The van der Waals surface area contributed by atoms with Crippen molar-refractivity contribution in [2.75, 3.05) is 34.4 Å². The van der Waals surface area contributed by atoms with Crippen molar-refractivity contribution in [3.05, 3.63) is 51.0 Å². The Labute approximate surface area is 212 Å². The third-order valence-electron chi connectivity index (χ3n) is 5.97. The van der Waals surface area contributed by atoms with Gasteiger partial charge >= 0.3 is 6.09 Å². The fourth-order valence-corrected chi connectivity index (χ4v) is 4.61. The lowest BCUT2D eigenvalue weighted by molar-refractivity contribution is -0.138. The first-order chi connectivity index (χ1) is 16.3. The number of benzene rings is 2. The predicted molar refractivity (Wildman–Crippen MR) is 132 cm³/mol. The van der Waals surface area contributed by atoms with E-state index in [9.17, 15) is 14.7 Å². The first kappa shape index (κ1) is 26.0. The van der Waals surface area contributed by atoms with Crippen LogP contribution in [0.1, 0.15) is 24.0 Å². The smallest absolute Gasteiger partial charge is 0.407 e. The van der Waals surface area contributed by atoms with Gasteiger partial charge in [0.05, 0.1) is 26.4 Å². The average Bonchev–Trinajstić information content (AvgIpc) is 2.85. The van der Waals surface area contributed by atoms with Crippen LogP contribution in [-0.2, 0) is 17.9 Å². The average molecular weight is 556 g/mol. The molecular weight excluding hydrogens is 528 g/mol. The molecule has 3 rings (SSSR count). The summed E-state index contributed by atoms with van der Waals surface area (Å²) in [4.78, 5) is 28.1. The highest BCUT2D eigenvalue weighted by molar-refractivity contribution is 9.10. The van der Waals surface area contributed by atoms with Crippen molar-refractivity contribution in [1.82, 2.24) is 9.80 Å².